The Balaban J connectivity index is 2.06. The highest BCUT2D eigenvalue weighted by Gasteiger charge is 2.29. The fourth-order valence-electron chi connectivity index (χ4n) is 2.43. The van der Waals surface area contributed by atoms with E-state index in [1.807, 2.05) is 36.5 Å². The highest BCUT2D eigenvalue weighted by atomic mass is 79.9. The molecule has 1 aromatic heterocycles. The quantitative estimate of drug-likeness (QED) is 0.924. The van der Waals surface area contributed by atoms with Crippen LogP contribution >= 0.6 is 15.9 Å². The lowest BCUT2D eigenvalue weighted by Crippen LogP contribution is -2.36. The van der Waals surface area contributed by atoms with Crippen LogP contribution in [0.4, 0.5) is 0 Å². The van der Waals surface area contributed by atoms with Gasteiger partial charge in [-0.05, 0) is 34.3 Å². The van der Waals surface area contributed by atoms with E-state index < -0.39 is 0 Å². The first-order valence-corrected chi connectivity index (χ1v) is 7.09. The first kappa shape index (κ1) is 12.6. The number of pyridine rings is 1. The molecule has 1 saturated carbocycles. The molecule has 0 amide bonds. The van der Waals surface area contributed by atoms with Crippen molar-refractivity contribution in [1.29, 1.82) is 0 Å². The minimum absolute atomic E-state index is 0.0246. The van der Waals surface area contributed by atoms with Crippen LogP contribution in [0, 0.1) is 0 Å². The Kier molecular flexibility index (Phi) is 3.29. The number of aliphatic hydroxyl groups is 1. The topological polar surface area (TPSA) is 42.2 Å². The van der Waals surface area contributed by atoms with Crippen LogP contribution in [-0.2, 0) is 0 Å². The monoisotopic (exact) mass is 319 g/mol. The second-order valence-electron chi connectivity index (χ2n) is 4.93. The number of hydrogen-bond acceptors (Lipinski definition) is 2. The van der Waals surface area contributed by atoms with Crippen LogP contribution < -0.4 is 5.56 Å². The molecule has 3 nitrogen and oxygen atoms in total. The summed E-state index contributed by atoms with van der Waals surface area (Å²) < 4.78 is 2.54. The maximum absolute atomic E-state index is 12.0. The van der Waals surface area contributed by atoms with Crippen molar-refractivity contribution < 1.29 is 5.11 Å². The number of halogens is 1. The van der Waals surface area contributed by atoms with Crippen LogP contribution in [0.2, 0.25) is 0 Å². The van der Waals surface area contributed by atoms with E-state index in [0.29, 0.717) is 12.8 Å². The summed E-state index contributed by atoms with van der Waals surface area (Å²) in [7, 11) is 0. The molecule has 0 atom stereocenters. The summed E-state index contributed by atoms with van der Waals surface area (Å²) in [5.41, 5.74) is 2.05. The molecule has 98 valence electrons. The molecule has 1 aliphatic carbocycles. The molecule has 0 unspecified atom stereocenters. The molecule has 0 saturated heterocycles. The van der Waals surface area contributed by atoms with Gasteiger partial charge in [0.2, 0.25) is 0 Å². The van der Waals surface area contributed by atoms with Crippen molar-refractivity contribution in [2.24, 2.45) is 0 Å². The molecule has 1 aromatic carbocycles. The number of aliphatic hydroxyl groups excluding tert-OH is 1. The fourth-order valence-corrected chi connectivity index (χ4v) is 2.95. The molecule has 0 aliphatic heterocycles. The Morgan fingerprint density at radius 3 is 2.53 bits per heavy atom. The van der Waals surface area contributed by atoms with Crippen molar-refractivity contribution in [1.82, 2.24) is 4.57 Å². The standard InChI is InChI=1S/C15H14BrNO2/c16-14-8-15(19)17(11-6-12(18)7-11)9-13(14)10-4-2-1-3-5-10/h1-5,8-9,11-12,18H,6-7H2. The minimum atomic E-state index is -0.263. The number of hydrogen-bond donors (Lipinski definition) is 1. The zero-order chi connectivity index (χ0) is 13.4. The highest BCUT2D eigenvalue weighted by Crippen LogP contribution is 2.33. The van der Waals surface area contributed by atoms with E-state index >= 15 is 0 Å². The second-order valence-corrected chi connectivity index (χ2v) is 5.78. The van der Waals surface area contributed by atoms with Crippen LogP contribution in [0.1, 0.15) is 18.9 Å². The largest absolute Gasteiger partial charge is 0.393 e. The summed E-state index contributed by atoms with van der Waals surface area (Å²) in [4.78, 5) is 12.0. The summed E-state index contributed by atoms with van der Waals surface area (Å²) in [6.07, 6.45) is 2.95. The lowest BCUT2D eigenvalue weighted by Gasteiger charge is -2.33. The Labute approximate surface area is 119 Å². The van der Waals surface area contributed by atoms with E-state index in [0.717, 1.165) is 15.6 Å². The molecule has 0 bridgehead atoms. The third-order valence-corrected chi connectivity index (χ3v) is 4.25. The van der Waals surface area contributed by atoms with Gasteiger partial charge in [0.1, 0.15) is 0 Å². The van der Waals surface area contributed by atoms with Crippen LogP contribution in [0.15, 0.2) is 51.9 Å². The van der Waals surface area contributed by atoms with Crippen molar-refractivity contribution in [2.45, 2.75) is 25.0 Å². The van der Waals surface area contributed by atoms with Gasteiger partial charge in [-0.2, -0.15) is 0 Å². The zero-order valence-corrected chi connectivity index (χ0v) is 11.9. The SMILES string of the molecule is O=c1cc(Br)c(-c2ccccc2)cn1C1CC(O)C1. The van der Waals surface area contributed by atoms with E-state index in [9.17, 15) is 9.90 Å². The van der Waals surface area contributed by atoms with Crippen molar-refractivity contribution in [3.63, 3.8) is 0 Å². The summed E-state index contributed by atoms with van der Waals surface area (Å²) in [6.45, 7) is 0. The average molecular weight is 320 g/mol. The predicted octanol–water partition coefficient (Wildman–Crippen LogP) is 2.97. The van der Waals surface area contributed by atoms with Crippen LogP contribution in [0.25, 0.3) is 11.1 Å². The van der Waals surface area contributed by atoms with Gasteiger partial charge in [0.15, 0.2) is 0 Å². The van der Waals surface area contributed by atoms with E-state index in [1.165, 1.54) is 0 Å². The molecule has 2 aromatic rings. The van der Waals surface area contributed by atoms with Gasteiger partial charge in [-0.1, -0.05) is 30.3 Å². The smallest absolute Gasteiger partial charge is 0.251 e. The summed E-state index contributed by atoms with van der Waals surface area (Å²) in [5, 5.41) is 9.39. The van der Waals surface area contributed by atoms with Gasteiger partial charge in [0.25, 0.3) is 5.56 Å². The van der Waals surface area contributed by atoms with Gasteiger partial charge in [0, 0.05) is 28.3 Å². The van der Waals surface area contributed by atoms with E-state index in [2.05, 4.69) is 15.9 Å². The zero-order valence-electron chi connectivity index (χ0n) is 10.3. The maximum Gasteiger partial charge on any atom is 0.251 e. The molecule has 1 N–H and O–H groups in total. The highest BCUT2D eigenvalue weighted by molar-refractivity contribution is 9.10. The molecule has 3 rings (SSSR count). The van der Waals surface area contributed by atoms with Crippen molar-refractivity contribution in [3.8, 4) is 11.1 Å². The molecule has 1 fully saturated rings. The molecular weight excluding hydrogens is 306 g/mol. The predicted molar refractivity (Wildman–Crippen MR) is 78.1 cm³/mol. The Bertz CT molecular complexity index is 645. The molecule has 1 heterocycles. The molecule has 0 radical (unpaired) electrons. The second kappa shape index (κ2) is 4.94. The average Bonchev–Trinajstić information content (AvgIpc) is 2.37. The first-order chi connectivity index (χ1) is 9.15. The maximum atomic E-state index is 12.0. The number of rotatable bonds is 2. The lowest BCUT2D eigenvalue weighted by atomic mass is 9.89. The summed E-state index contributed by atoms with van der Waals surface area (Å²) in [5.74, 6) is 0. The van der Waals surface area contributed by atoms with E-state index in [1.54, 1.807) is 10.6 Å². The number of nitrogens with zero attached hydrogens (tertiary/aromatic N) is 1. The summed E-state index contributed by atoms with van der Waals surface area (Å²) in [6, 6.07) is 11.7. The van der Waals surface area contributed by atoms with Gasteiger partial charge in [-0.25, -0.2) is 0 Å². The molecular formula is C15H14BrNO2. The lowest BCUT2D eigenvalue weighted by molar-refractivity contribution is 0.0471. The Morgan fingerprint density at radius 2 is 1.89 bits per heavy atom. The van der Waals surface area contributed by atoms with Crippen molar-refractivity contribution in [2.75, 3.05) is 0 Å². The molecule has 4 heteroatoms. The van der Waals surface area contributed by atoms with Gasteiger partial charge < -0.3 is 9.67 Å². The Hall–Kier alpha value is -1.39. The normalized spacial score (nSPS) is 22.0. The molecule has 19 heavy (non-hydrogen) atoms. The number of aromatic nitrogens is 1. The van der Waals surface area contributed by atoms with E-state index in [4.69, 9.17) is 0 Å². The van der Waals surface area contributed by atoms with E-state index in [-0.39, 0.29) is 17.7 Å². The van der Waals surface area contributed by atoms with Gasteiger partial charge >= 0.3 is 0 Å². The minimum Gasteiger partial charge on any atom is -0.393 e. The molecule has 1 aliphatic rings. The van der Waals surface area contributed by atoms with Crippen molar-refractivity contribution in [3.05, 3.63) is 57.4 Å². The molecule has 0 spiro atoms. The van der Waals surface area contributed by atoms with Gasteiger partial charge in [0.05, 0.1) is 6.10 Å². The first-order valence-electron chi connectivity index (χ1n) is 6.30. The Morgan fingerprint density at radius 1 is 1.21 bits per heavy atom. The van der Waals surface area contributed by atoms with Crippen LogP contribution in [0.5, 0.6) is 0 Å². The fraction of sp³-hybridized carbons (Fsp3) is 0.267. The van der Waals surface area contributed by atoms with Crippen molar-refractivity contribution >= 4 is 15.9 Å². The third-order valence-electron chi connectivity index (χ3n) is 3.60. The summed E-state index contributed by atoms with van der Waals surface area (Å²) >= 11 is 3.46. The van der Waals surface area contributed by atoms with Crippen LogP contribution in [-0.4, -0.2) is 15.8 Å². The van der Waals surface area contributed by atoms with Crippen LogP contribution in [0.3, 0.4) is 0 Å². The van der Waals surface area contributed by atoms with Gasteiger partial charge in [-0.15, -0.1) is 0 Å². The van der Waals surface area contributed by atoms with Gasteiger partial charge in [-0.3, -0.25) is 4.79 Å². The third kappa shape index (κ3) is 2.38. The number of benzene rings is 1.